The first kappa shape index (κ1) is 13.0. The van der Waals surface area contributed by atoms with Crippen LogP contribution in [0, 0.1) is 5.92 Å². The monoisotopic (exact) mass is 263 g/mol. The van der Waals surface area contributed by atoms with Gasteiger partial charge >= 0.3 is 0 Å². The van der Waals surface area contributed by atoms with Crippen LogP contribution >= 0.6 is 0 Å². The number of rotatable bonds is 0. The van der Waals surface area contributed by atoms with Crippen LogP contribution in [-0.4, -0.2) is 0 Å². The Morgan fingerprint density at radius 2 is 1.60 bits per heavy atom. The van der Waals surface area contributed by atoms with E-state index in [0.717, 1.165) is 10.9 Å². The van der Waals surface area contributed by atoms with Gasteiger partial charge in [-0.25, -0.2) is 0 Å². The highest BCUT2D eigenvalue weighted by Gasteiger charge is 2.30. The van der Waals surface area contributed by atoms with Gasteiger partial charge in [0.1, 0.15) is 0 Å². The second-order valence-corrected chi connectivity index (χ2v) is 6.22. The van der Waals surface area contributed by atoms with Gasteiger partial charge in [0, 0.05) is 16.5 Å². The van der Waals surface area contributed by atoms with Gasteiger partial charge in [0.15, 0.2) is 0 Å². The Hall–Kier alpha value is -2.02. The lowest BCUT2D eigenvalue weighted by molar-refractivity contribution is 0.426. The van der Waals surface area contributed by atoms with Crippen molar-refractivity contribution >= 4 is 11.8 Å². The molecule has 0 saturated carbocycles. The van der Waals surface area contributed by atoms with Crippen LogP contribution in [0.3, 0.4) is 0 Å². The first-order valence-corrected chi connectivity index (χ1v) is 7.18. The maximum atomic E-state index is 6.49. The van der Waals surface area contributed by atoms with E-state index in [1.54, 1.807) is 0 Å². The van der Waals surface area contributed by atoms with Gasteiger partial charge in [-0.05, 0) is 22.1 Å². The zero-order valence-corrected chi connectivity index (χ0v) is 12.4. The van der Waals surface area contributed by atoms with Gasteiger partial charge in [0.05, 0.1) is 0 Å². The van der Waals surface area contributed by atoms with E-state index in [1.165, 1.54) is 16.3 Å². The van der Waals surface area contributed by atoms with E-state index >= 15 is 0 Å². The van der Waals surface area contributed by atoms with Crippen molar-refractivity contribution in [1.82, 2.24) is 0 Å². The van der Waals surface area contributed by atoms with Gasteiger partial charge in [-0.3, -0.25) is 0 Å². The van der Waals surface area contributed by atoms with Crippen molar-refractivity contribution in [3.63, 3.8) is 0 Å². The summed E-state index contributed by atoms with van der Waals surface area (Å²) in [5.41, 5.74) is 9.94. The van der Waals surface area contributed by atoms with E-state index in [-0.39, 0.29) is 5.41 Å². The van der Waals surface area contributed by atoms with Crippen LogP contribution in [0.5, 0.6) is 0 Å². The smallest absolute Gasteiger partial charge is 0.0470 e. The van der Waals surface area contributed by atoms with E-state index in [0.29, 0.717) is 5.92 Å². The van der Waals surface area contributed by atoms with E-state index in [9.17, 15) is 0 Å². The van der Waals surface area contributed by atoms with Gasteiger partial charge in [0.2, 0.25) is 0 Å². The second-order valence-electron chi connectivity index (χ2n) is 6.22. The molecule has 0 spiro atoms. The normalized spacial score (nSPS) is 24.6. The van der Waals surface area contributed by atoms with Crippen LogP contribution in [0.25, 0.3) is 11.8 Å². The van der Waals surface area contributed by atoms with Crippen LogP contribution < -0.4 is 16.2 Å². The fourth-order valence-electron chi connectivity index (χ4n) is 3.04. The molecule has 2 aromatic rings. The van der Waals surface area contributed by atoms with Gasteiger partial charge < -0.3 is 5.73 Å². The quantitative estimate of drug-likeness (QED) is 0.776. The number of hydrogen-bond donors (Lipinski definition) is 1. The predicted molar refractivity (Wildman–Crippen MR) is 85.5 cm³/mol. The van der Waals surface area contributed by atoms with Crippen molar-refractivity contribution < 1.29 is 0 Å². The van der Waals surface area contributed by atoms with Gasteiger partial charge in [-0.2, -0.15) is 0 Å². The summed E-state index contributed by atoms with van der Waals surface area (Å²) in [4.78, 5) is 0. The molecule has 0 saturated heterocycles. The molecule has 0 bridgehead atoms. The molecule has 0 fully saturated rings. The van der Waals surface area contributed by atoms with Crippen molar-refractivity contribution in [2.45, 2.75) is 26.2 Å². The van der Waals surface area contributed by atoms with Crippen molar-refractivity contribution in [3.05, 3.63) is 70.1 Å². The SMILES string of the molecule is CC1/C=c2/cccc/c2=C(/N)c2ccccc2C1(C)C. The van der Waals surface area contributed by atoms with Crippen molar-refractivity contribution in [3.8, 4) is 0 Å². The molecular formula is C19H21N. The van der Waals surface area contributed by atoms with Crippen LogP contribution in [0.4, 0.5) is 0 Å². The predicted octanol–water partition coefficient (Wildman–Crippen LogP) is 2.51. The maximum absolute atomic E-state index is 6.49. The molecule has 102 valence electrons. The molecule has 1 aliphatic carbocycles. The third kappa shape index (κ3) is 1.85. The molecule has 0 aromatic heterocycles. The average Bonchev–Trinajstić information content (AvgIpc) is 2.46. The van der Waals surface area contributed by atoms with E-state index < -0.39 is 0 Å². The lowest BCUT2D eigenvalue weighted by Gasteiger charge is -2.33. The summed E-state index contributed by atoms with van der Waals surface area (Å²) in [7, 11) is 0. The highest BCUT2D eigenvalue weighted by Crippen LogP contribution is 2.36. The van der Waals surface area contributed by atoms with Crippen LogP contribution in [-0.2, 0) is 5.41 Å². The van der Waals surface area contributed by atoms with Crippen LogP contribution in [0.2, 0.25) is 0 Å². The lowest BCUT2D eigenvalue weighted by Crippen LogP contribution is -2.37. The zero-order chi connectivity index (χ0) is 14.3. The summed E-state index contributed by atoms with van der Waals surface area (Å²) in [6, 6.07) is 16.9. The molecule has 1 atom stereocenters. The molecule has 1 aliphatic rings. The number of nitrogens with two attached hydrogens (primary N) is 1. The maximum Gasteiger partial charge on any atom is 0.0470 e. The average molecular weight is 263 g/mol. The fraction of sp³-hybridized carbons (Fsp3) is 0.263. The van der Waals surface area contributed by atoms with E-state index in [4.69, 9.17) is 5.73 Å². The van der Waals surface area contributed by atoms with E-state index in [2.05, 4.69) is 75.4 Å². The molecular weight excluding hydrogens is 242 g/mol. The summed E-state index contributed by atoms with van der Waals surface area (Å²) < 4.78 is 0. The lowest BCUT2D eigenvalue weighted by atomic mass is 9.71. The largest absolute Gasteiger partial charge is 0.398 e. The molecule has 3 rings (SSSR count). The topological polar surface area (TPSA) is 26.0 Å². The summed E-state index contributed by atoms with van der Waals surface area (Å²) >= 11 is 0. The van der Waals surface area contributed by atoms with Crippen molar-refractivity contribution in [1.29, 1.82) is 0 Å². The Balaban J connectivity index is 2.51. The molecule has 0 aliphatic heterocycles. The number of hydrogen-bond acceptors (Lipinski definition) is 1. The highest BCUT2D eigenvalue weighted by molar-refractivity contribution is 5.68. The molecule has 0 radical (unpaired) electrons. The molecule has 0 heterocycles. The van der Waals surface area contributed by atoms with Gasteiger partial charge in [-0.15, -0.1) is 0 Å². The molecule has 2 aromatic carbocycles. The summed E-state index contributed by atoms with van der Waals surface area (Å²) in [5, 5.41) is 2.38. The molecule has 1 nitrogen and oxygen atoms in total. The van der Waals surface area contributed by atoms with Crippen LogP contribution in [0.1, 0.15) is 31.9 Å². The van der Waals surface area contributed by atoms with Crippen molar-refractivity contribution in [2.75, 3.05) is 0 Å². The minimum Gasteiger partial charge on any atom is -0.398 e. The molecule has 1 heteroatoms. The van der Waals surface area contributed by atoms with Crippen LogP contribution in [0.15, 0.2) is 48.5 Å². The summed E-state index contributed by atoms with van der Waals surface area (Å²) in [5.74, 6) is 0.442. The van der Waals surface area contributed by atoms with Gasteiger partial charge in [-0.1, -0.05) is 75.4 Å². The Kier molecular flexibility index (Phi) is 2.93. The Labute approximate surface area is 120 Å². The van der Waals surface area contributed by atoms with E-state index in [1.807, 2.05) is 0 Å². The molecule has 2 N–H and O–H groups in total. The zero-order valence-electron chi connectivity index (χ0n) is 12.4. The van der Waals surface area contributed by atoms with Crippen molar-refractivity contribution in [2.24, 2.45) is 11.7 Å². The third-order valence-corrected chi connectivity index (χ3v) is 4.73. The molecule has 1 unspecified atom stereocenters. The third-order valence-electron chi connectivity index (χ3n) is 4.73. The summed E-state index contributed by atoms with van der Waals surface area (Å²) in [6.45, 7) is 6.89. The summed E-state index contributed by atoms with van der Waals surface area (Å²) in [6.07, 6.45) is 2.35. The fourth-order valence-corrected chi connectivity index (χ4v) is 3.04. The highest BCUT2D eigenvalue weighted by atomic mass is 14.6. The number of fused-ring (bicyclic) bond motifs is 2. The minimum atomic E-state index is 0.0642. The first-order chi connectivity index (χ1) is 9.51. The Morgan fingerprint density at radius 1 is 0.950 bits per heavy atom. The molecule has 0 amide bonds. The Morgan fingerprint density at radius 3 is 2.40 bits per heavy atom. The first-order valence-electron chi connectivity index (χ1n) is 7.18. The Bertz CT molecular complexity index is 768. The van der Waals surface area contributed by atoms with Gasteiger partial charge in [0.25, 0.3) is 0 Å². The minimum absolute atomic E-state index is 0.0642. The number of benzene rings is 2. The molecule has 20 heavy (non-hydrogen) atoms. The second kappa shape index (κ2) is 4.52. The standard InChI is InChI=1S/C19H21N/c1-13-12-14-8-4-5-9-15(14)18(20)16-10-6-7-11-17(16)19(13,2)3/h4-13H,20H2,1-3H3/b14-12-,18-15-.